The third-order valence-electron chi connectivity index (χ3n) is 2.96. The molecular weight excluding hydrogens is 352 g/mol. The third kappa shape index (κ3) is 4.51. The number of carboxylic acid groups (broad SMARTS) is 1. The summed E-state index contributed by atoms with van der Waals surface area (Å²) in [7, 11) is 1.61. The van der Waals surface area contributed by atoms with Crippen LogP contribution in [0.1, 0.15) is 5.56 Å². The molecule has 0 fully saturated rings. The molecule has 0 heterocycles. The first-order valence-corrected chi connectivity index (χ1v) is 8.04. The molecule has 0 bridgehead atoms. The second-order valence-electron chi connectivity index (χ2n) is 4.43. The average Bonchev–Trinajstić information content (AvgIpc) is 2.49. The highest BCUT2D eigenvalue weighted by Gasteiger charge is 2.20. The number of carboxylic acids is 1. The Hall–Kier alpha value is -1.46. The minimum absolute atomic E-state index is 0.464. The maximum absolute atomic E-state index is 11.5. The Morgan fingerprint density at radius 1 is 1.24 bits per heavy atom. The summed E-state index contributed by atoms with van der Waals surface area (Å²) in [5.41, 5.74) is 0.975. The first-order chi connectivity index (χ1) is 10.1. The number of hydrogen-bond donors (Lipinski definition) is 1. The summed E-state index contributed by atoms with van der Waals surface area (Å²) in [6.45, 7) is 0. The van der Waals surface area contributed by atoms with Crippen molar-refractivity contribution in [3.05, 3.63) is 58.6 Å². The van der Waals surface area contributed by atoms with E-state index in [9.17, 15) is 9.90 Å². The zero-order valence-corrected chi connectivity index (χ0v) is 13.9. The largest absolute Gasteiger partial charge is 0.497 e. The summed E-state index contributed by atoms with van der Waals surface area (Å²) in [4.78, 5) is 12.4. The number of carbonyl (C=O) groups is 1. The third-order valence-corrected chi connectivity index (χ3v) is 5.18. The predicted octanol–water partition coefficient (Wildman–Crippen LogP) is 4.25. The van der Waals surface area contributed by atoms with Crippen LogP contribution >= 0.6 is 27.7 Å². The molecule has 2 rings (SSSR count). The van der Waals surface area contributed by atoms with Crippen LogP contribution in [-0.4, -0.2) is 23.4 Å². The fourth-order valence-electron chi connectivity index (χ4n) is 1.85. The minimum atomic E-state index is -0.813. The van der Waals surface area contributed by atoms with Crippen LogP contribution in [0.15, 0.2) is 57.9 Å². The van der Waals surface area contributed by atoms with Crippen molar-refractivity contribution in [2.75, 3.05) is 7.11 Å². The van der Waals surface area contributed by atoms with E-state index in [-0.39, 0.29) is 0 Å². The van der Waals surface area contributed by atoms with Crippen LogP contribution in [0.3, 0.4) is 0 Å². The van der Waals surface area contributed by atoms with Gasteiger partial charge in [-0.25, -0.2) is 0 Å². The number of hydrogen-bond acceptors (Lipinski definition) is 3. The average molecular weight is 367 g/mol. The molecule has 0 spiro atoms. The molecule has 0 aromatic heterocycles. The number of thioether (sulfide) groups is 1. The van der Waals surface area contributed by atoms with E-state index in [1.54, 1.807) is 7.11 Å². The maximum Gasteiger partial charge on any atom is 0.317 e. The van der Waals surface area contributed by atoms with Crippen molar-refractivity contribution < 1.29 is 14.6 Å². The van der Waals surface area contributed by atoms with Gasteiger partial charge in [0, 0.05) is 9.37 Å². The van der Waals surface area contributed by atoms with E-state index in [0.29, 0.717) is 6.42 Å². The molecule has 1 N–H and O–H groups in total. The van der Waals surface area contributed by atoms with E-state index in [0.717, 1.165) is 20.7 Å². The molecule has 0 amide bonds. The lowest BCUT2D eigenvalue weighted by Crippen LogP contribution is -2.19. The molecule has 0 aliphatic rings. The zero-order valence-electron chi connectivity index (χ0n) is 11.5. The molecule has 1 atom stereocenters. The van der Waals surface area contributed by atoms with Crippen LogP contribution in [0, 0.1) is 0 Å². The van der Waals surface area contributed by atoms with Crippen molar-refractivity contribution in [2.24, 2.45) is 0 Å². The van der Waals surface area contributed by atoms with Gasteiger partial charge in [0.15, 0.2) is 0 Å². The number of benzene rings is 2. The molecule has 0 saturated carbocycles. The highest BCUT2D eigenvalue weighted by molar-refractivity contribution is 9.10. The van der Waals surface area contributed by atoms with Crippen molar-refractivity contribution in [1.29, 1.82) is 0 Å². The molecule has 21 heavy (non-hydrogen) atoms. The molecule has 2 aromatic carbocycles. The molecule has 0 aliphatic carbocycles. The SMILES string of the molecule is COc1ccc(CC(Sc2ccccc2Br)C(=O)O)cc1. The van der Waals surface area contributed by atoms with Gasteiger partial charge in [-0.1, -0.05) is 24.3 Å². The fourth-order valence-corrected chi connectivity index (χ4v) is 3.43. The Morgan fingerprint density at radius 3 is 2.48 bits per heavy atom. The molecule has 110 valence electrons. The van der Waals surface area contributed by atoms with Crippen molar-refractivity contribution in [1.82, 2.24) is 0 Å². The second kappa shape index (κ2) is 7.52. The number of rotatable bonds is 6. The smallest absolute Gasteiger partial charge is 0.317 e. The quantitative estimate of drug-likeness (QED) is 0.776. The van der Waals surface area contributed by atoms with Gasteiger partial charge in [0.2, 0.25) is 0 Å². The van der Waals surface area contributed by atoms with E-state index in [4.69, 9.17) is 4.74 Å². The number of ether oxygens (including phenoxy) is 1. The predicted molar refractivity (Wildman–Crippen MR) is 88.1 cm³/mol. The Bertz CT molecular complexity index is 613. The molecule has 2 aromatic rings. The van der Waals surface area contributed by atoms with E-state index in [2.05, 4.69) is 15.9 Å². The van der Waals surface area contributed by atoms with Crippen molar-refractivity contribution in [2.45, 2.75) is 16.6 Å². The van der Waals surface area contributed by atoms with Gasteiger partial charge in [-0.2, -0.15) is 0 Å². The Kier molecular flexibility index (Phi) is 5.70. The van der Waals surface area contributed by atoms with E-state index < -0.39 is 11.2 Å². The molecule has 0 saturated heterocycles. The van der Waals surface area contributed by atoms with Gasteiger partial charge in [0.1, 0.15) is 11.0 Å². The number of halogens is 1. The van der Waals surface area contributed by atoms with Crippen LogP contribution in [0.25, 0.3) is 0 Å². The monoisotopic (exact) mass is 366 g/mol. The minimum Gasteiger partial charge on any atom is -0.497 e. The summed E-state index contributed by atoms with van der Waals surface area (Å²) in [5.74, 6) is -0.0457. The van der Waals surface area contributed by atoms with Crippen LogP contribution in [-0.2, 0) is 11.2 Å². The number of methoxy groups -OCH3 is 1. The van der Waals surface area contributed by atoms with Gasteiger partial charge in [-0.15, -0.1) is 11.8 Å². The van der Waals surface area contributed by atoms with Crippen LogP contribution in [0.5, 0.6) is 5.75 Å². The van der Waals surface area contributed by atoms with Gasteiger partial charge >= 0.3 is 5.97 Å². The molecular formula is C16H15BrO3S. The maximum atomic E-state index is 11.5. The van der Waals surface area contributed by atoms with Gasteiger partial charge in [-0.3, -0.25) is 4.79 Å². The molecule has 1 unspecified atom stereocenters. The highest BCUT2D eigenvalue weighted by Crippen LogP contribution is 2.32. The van der Waals surface area contributed by atoms with Crippen molar-refractivity contribution in [3.8, 4) is 5.75 Å². The standard InChI is InChI=1S/C16H15BrO3S/c1-20-12-8-6-11(7-9-12)10-15(16(18)19)21-14-5-3-2-4-13(14)17/h2-9,15H,10H2,1H3,(H,18,19). The van der Waals surface area contributed by atoms with E-state index in [1.807, 2.05) is 48.5 Å². The molecule has 0 radical (unpaired) electrons. The molecule has 0 aliphatic heterocycles. The second-order valence-corrected chi connectivity index (χ2v) is 6.53. The van der Waals surface area contributed by atoms with Crippen LogP contribution < -0.4 is 4.74 Å². The lowest BCUT2D eigenvalue weighted by Gasteiger charge is -2.13. The molecule has 5 heteroatoms. The summed E-state index contributed by atoms with van der Waals surface area (Å²) in [5, 5.41) is 8.90. The lowest BCUT2D eigenvalue weighted by atomic mass is 10.1. The van der Waals surface area contributed by atoms with Crippen LogP contribution in [0.2, 0.25) is 0 Å². The Morgan fingerprint density at radius 2 is 1.90 bits per heavy atom. The van der Waals surface area contributed by atoms with Crippen LogP contribution in [0.4, 0.5) is 0 Å². The normalized spacial score (nSPS) is 11.9. The fraction of sp³-hybridized carbons (Fsp3) is 0.188. The Labute approximate surface area is 136 Å². The Balaban J connectivity index is 2.12. The summed E-state index contributed by atoms with van der Waals surface area (Å²) < 4.78 is 6.02. The van der Waals surface area contributed by atoms with Gasteiger partial charge in [0.05, 0.1) is 7.11 Å². The topological polar surface area (TPSA) is 46.5 Å². The van der Waals surface area contributed by atoms with Gasteiger partial charge in [0.25, 0.3) is 0 Å². The van der Waals surface area contributed by atoms with Gasteiger partial charge in [-0.05, 0) is 52.2 Å². The van der Waals surface area contributed by atoms with Gasteiger partial charge < -0.3 is 9.84 Å². The molecule has 3 nitrogen and oxygen atoms in total. The first kappa shape index (κ1) is 15.9. The van der Waals surface area contributed by atoms with E-state index in [1.165, 1.54) is 11.8 Å². The lowest BCUT2D eigenvalue weighted by molar-refractivity contribution is -0.136. The zero-order chi connectivity index (χ0) is 15.2. The summed E-state index contributed by atoms with van der Waals surface area (Å²) in [6, 6.07) is 15.1. The number of aliphatic carboxylic acids is 1. The summed E-state index contributed by atoms with van der Waals surface area (Å²) >= 11 is 4.80. The first-order valence-electron chi connectivity index (χ1n) is 6.37. The van der Waals surface area contributed by atoms with Crippen molar-refractivity contribution in [3.63, 3.8) is 0 Å². The van der Waals surface area contributed by atoms with E-state index >= 15 is 0 Å². The summed E-state index contributed by atoms with van der Waals surface area (Å²) in [6.07, 6.45) is 0.464. The highest BCUT2D eigenvalue weighted by atomic mass is 79.9. The van der Waals surface area contributed by atoms with Crippen molar-refractivity contribution >= 4 is 33.7 Å².